The van der Waals surface area contributed by atoms with E-state index in [4.69, 9.17) is 10.5 Å². The van der Waals surface area contributed by atoms with E-state index in [1.54, 1.807) is 13.3 Å². The average Bonchev–Trinajstić information content (AvgIpc) is 2.55. The molecule has 0 aliphatic heterocycles. The first-order valence-electron chi connectivity index (χ1n) is 6.71. The van der Waals surface area contributed by atoms with E-state index in [0.29, 0.717) is 0 Å². The zero-order valence-electron chi connectivity index (χ0n) is 12.1. The van der Waals surface area contributed by atoms with Crippen LogP contribution in [0.2, 0.25) is 0 Å². The van der Waals surface area contributed by atoms with Crippen molar-refractivity contribution in [3.63, 3.8) is 0 Å². The van der Waals surface area contributed by atoms with Gasteiger partial charge in [-0.25, -0.2) is 0 Å². The monoisotopic (exact) mass is 279 g/mol. The number of aromatic nitrogens is 1. The number of nitrogen functional groups attached to an aromatic ring is 1. The van der Waals surface area contributed by atoms with Crippen LogP contribution < -0.4 is 15.4 Å². The topological polar surface area (TPSA) is 51.4 Å². The summed E-state index contributed by atoms with van der Waals surface area (Å²) in [6.07, 6.45) is 1.78. The Bertz CT molecular complexity index is 786. The summed E-state index contributed by atoms with van der Waals surface area (Å²) in [4.78, 5) is 6.56. The molecule has 0 radical (unpaired) electrons. The molecule has 21 heavy (non-hydrogen) atoms. The number of anilines is 3. The predicted octanol–water partition coefficient (Wildman–Crippen LogP) is 3.59. The molecule has 0 unspecified atom stereocenters. The van der Waals surface area contributed by atoms with Gasteiger partial charge in [-0.3, -0.25) is 4.98 Å². The fourth-order valence-corrected chi connectivity index (χ4v) is 2.41. The Morgan fingerprint density at radius 1 is 1.10 bits per heavy atom. The molecular weight excluding hydrogens is 262 g/mol. The van der Waals surface area contributed by atoms with Crippen LogP contribution in [0.4, 0.5) is 17.1 Å². The van der Waals surface area contributed by atoms with Gasteiger partial charge in [0, 0.05) is 36.1 Å². The minimum Gasteiger partial charge on any atom is -0.497 e. The van der Waals surface area contributed by atoms with E-state index < -0.39 is 0 Å². The van der Waals surface area contributed by atoms with Crippen molar-refractivity contribution < 1.29 is 4.74 Å². The van der Waals surface area contributed by atoms with E-state index in [0.717, 1.165) is 33.7 Å². The Kier molecular flexibility index (Phi) is 3.36. The summed E-state index contributed by atoms with van der Waals surface area (Å²) < 4.78 is 5.29. The van der Waals surface area contributed by atoms with Crippen LogP contribution in [-0.2, 0) is 0 Å². The summed E-state index contributed by atoms with van der Waals surface area (Å²) in [7, 11) is 3.67. The SMILES string of the molecule is COc1cccc(N(C)c2ccc(N)c3cccnc23)c1. The molecule has 106 valence electrons. The van der Waals surface area contributed by atoms with Gasteiger partial charge in [-0.2, -0.15) is 0 Å². The summed E-state index contributed by atoms with van der Waals surface area (Å²) in [5, 5.41) is 0.963. The molecule has 0 amide bonds. The van der Waals surface area contributed by atoms with E-state index in [2.05, 4.69) is 9.88 Å². The zero-order valence-corrected chi connectivity index (χ0v) is 12.1. The van der Waals surface area contributed by atoms with Crippen LogP contribution in [0.5, 0.6) is 5.75 Å². The van der Waals surface area contributed by atoms with Crippen LogP contribution in [0.15, 0.2) is 54.7 Å². The van der Waals surface area contributed by atoms with Crippen LogP contribution in [0, 0.1) is 0 Å². The van der Waals surface area contributed by atoms with Crippen molar-refractivity contribution in [3.8, 4) is 5.75 Å². The molecule has 3 aromatic rings. The first-order chi connectivity index (χ1) is 10.2. The van der Waals surface area contributed by atoms with Gasteiger partial charge in [-0.1, -0.05) is 6.07 Å². The van der Waals surface area contributed by atoms with Crippen molar-refractivity contribution in [1.29, 1.82) is 0 Å². The summed E-state index contributed by atoms with van der Waals surface area (Å²) in [5.74, 6) is 0.826. The lowest BCUT2D eigenvalue weighted by molar-refractivity contribution is 0.415. The Balaban J connectivity index is 2.13. The van der Waals surface area contributed by atoms with E-state index in [1.165, 1.54) is 0 Å². The standard InChI is InChI=1S/C17H17N3O/c1-20(12-5-3-6-13(11-12)21-2)16-9-8-15(18)14-7-4-10-19-17(14)16/h3-11H,18H2,1-2H3. The molecule has 0 saturated heterocycles. The largest absolute Gasteiger partial charge is 0.497 e. The highest BCUT2D eigenvalue weighted by molar-refractivity contribution is 5.99. The molecule has 0 bridgehead atoms. The lowest BCUT2D eigenvalue weighted by Crippen LogP contribution is -2.10. The second-order valence-electron chi connectivity index (χ2n) is 4.83. The number of hydrogen-bond donors (Lipinski definition) is 1. The van der Waals surface area contributed by atoms with Gasteiger partial charge in [0.25, 0.3) is 0 Å². The average molecular weight is 279 g/mol. The molecule has 4 nitrogen and oxygen atoms in total. The lowest BCUT2D eigenvalue weighted by atomic mass is 10.1. The Labute approximate surface area is 123 Å². The normalized spacial score (nSPS) is 10.6. The number of nitrogens with two attached hydrogens (primary N) is 1. The smallest absolute Gasteiger partial charge is 0.120 e. The van der Waals surface area contributed by atoms with Gasteiger partial charge >= 0.3 is 0 Å². The lowest BCUT2D eigenvalue weighted by Gasteiger charge is -2.21. The molecule has 1 heterocycles. The van der Waals surface area contributed by atoms with Crippen molar-refractivity contribution in [2.24, 2.45) is 0 Å². The van der Waals surface area contributed by atoms with E-state index in [-0.39, 0.29) is 0 Å². The third kappa shape index (κ3) is 2.36. The van der Waals surface area contributed by atoms with Gasteiger partial charge in [0.05, 0.1) is 18.3 Å². The highest BCUT2D eigenvalue weighted by Gasteiger charge is 2.11. The minimum atomic E-state index is 0.737. The van der Waals surface area contributed by atoms with Gasteiger partial charge < -0.3 is 15.4 Å². The van der Waals surface area contributed by atoms with Crippen LogP contribution >= 0.6 is 0 Å². The number of methoxy groups -OCH3 is 1. The van der Waals surface area contributed by atoms with E-state index >= 15 is 0 Å². The maximum atomic E-state index is 6.03. The molecule has 0 fully saturated rings. The Morgan fingerprint density at radius 2 is 1.95 bits per heavy atom. The number of nitrogens with zero attached hydrogens (tertiary/aromatic N) is 2. The molecule has 1 aromatic heterocycles. The van der Waals surface area contributed by atoms with Gasteiger partial charge in [0.2, 0.25) is 0 Å². The molecule has 0 spiro atoms. The van der Waals surface area contributed by atoms with Crippen molar-refractivity contribution >= 4 is 28.0 Å². The maximum Gasteiger partial charge on any atom is 0.120 e. The van der Waals surface area contributed by atoms with Crippen LogP contribution in [-0.4, -0.2) is 19.1 Å². The summed E-state index contributed by atoms with van der Waals surface area (Å²) in [6, 6.07) is 15.7. The molecule has 0 aliphatic rings. The predicted molar refractivity (Wildman–Crippen MR) is 87.2 cm³/mol. The van der Waals surface area contributed by atoms with Gasteiger partial charge in [-0.05, 0) is 36.4 Å². The highest BCUT2D eigenvalue weighted by atomic mass is 16.5. The Hall–Kier alpha value is -2.75. The fourth-order valence-electron chi connectivity index (χ4n) is 2.41. The molecule has 4 heteroatoms. The number of pyridine rings is 1. The summed E-state index contributed by atoms with van der Waals surface area (Å²) >= 11 is 0. The Morgan fingerprint density at radius 3 is 2.76 bits per heavy atom. The number of benzene rings is 2. The van der Waals surface area contributed by atoms with Gasteiger partial charge in [0.1, 0.15) is 5.75 Å². The zero-order chi connectivity index (χ0) is 14.8. The van der Waals surface area contributed by atoms with Crippen LogP contribution in [0.3, 0.4) is 0 Å². The van der Waals surface area contributed by atoms with Gasteiger partial charge in [-0.15, -0.1) is 0 Å². The molecule has 0 atom stereocenters. The van der Waals surface area contributed by atoms with E-state index in [1.807, 2.05) is 55.6 Å². The van der Waals surface area contributed by atoms with Crippen molar-refractivity contribution in [3.05, 3.63) is 54.7 Å². The van der Waals surface area contributed by atoms with Crippen molar-refractivity contribution in [2.75, 3.05) is 24.8 Å². The van der Waals surface area contributed by atoms with Crippen molar-refractivity contribution in [1.82, 2.24) is 4.98 Å². The van der Waals surface area contributed by atoms with Crippen molar-refractivity contribution in [2.45, 2.75) is 0 Å². The molecule has 2 aromatic carbocycles. The third-order valence-electron chi connectivity index (χ3n) is 3.58. The van der Waals surface area contributed by atoms with Crippen LogP contribution in [0.25, 0.3) is 10.9 Å². The molecule has 3 rings (SSSR count). The highest BCUT2D eigenvalue weighted by Crippen LogP contribution is 2.33. The quantitative estimate of drug-likeness (QED) is 0.744. The molecular formula is C17H17N3O. The summed E-state index contributed by atoms with van der Waals surface area (Å²) in [6.45, 7) is 0. The third-order valence-corrected chi connectivity index (χ3v) is 3.58. The van der Waals surface area contributed by atoms with E-state index in [9.17, 15) is 0 Å². The second-order valence-corrected chi connectivity index (χ2v) is 4.83. The number of rotatable bonds is 3. The molecule has 2 N–H and O–H groups in total. The fraction of sp³-hybridized carbons (Fsp3) is 0.118. The maximum absolute atomic E-state index is 6.03. The number of hydrogen-bond acceptors (Lipinski definition) is 4. The van der Waals surface area contributed by atoms with Gasteiger partial charge in [0.15, 0.2) is 0 Å². The second kappa shape index (κ2) is 5.32. The van der Waals surface area contributed by atoms with Crippen LogP contribution in [0.1, 0.15) is 0 Å². The number of ether oxygens (including phenoxy) is 1. The molecule has 0 aliphatic carbocycles. The molecule has 0 saturated carbocycles. The number of fused-ring (bicyclic) bond motifs is 1. The summed E-state index contributed by atoms with van der Waals surface area (Å²) in [5.41, 5.74) is 9.70. The first-order valence-corrected chi connectivity index (χ1v) is 6.71. The first kappa shape index (κ1) is 13.2. The minimum absolute atomic E-state index is 0.737.